The number of alkyl halides is 9. The molecule has 0 saturated heterocycles. The van der Waals surface area contributed by atoms with Gasteiger partial charge in [0.25, 0.3) is 0 Å². The first kappa shape index (κ1) is 26.9. The first-order valence-electron chi connectivity index (χ1n) is 8.05. The number of nitrogens with zero attached hydrogens (tertiary/aromatic N) is 2. The zero-order chi connectivity index (χ0) is 24.4. The Morgan fingerprint density at radius 1 is 0.935 bits per heavy atom. The largest absolute Gasteiger partial charge is 0.743 e. The summed E-state index contributed by atoms with van der Waals surface area (Å²) in [5.41, 5.74) is 1.39. The molecule has 1 aliphatic rings. The lowest BCUT2D eigenvalue weighted by Gasteiger charge is -2.34. The lowest BCUT2D eigenvalue weighted by Crippen LogP contribution is -2.63. The Morgan fingerprint density at radius 3 is 1.84 bits per heavy atom. The maximum Gasteiger partial charge on any atom is 0.460 e. The SMILES string of the molecule is C[N+]1(CCc2ccccc2)C=CN=C1.O=S(=O)([O-])C(F)(F)C(F)(F)C(F)(F)C(F)(F)F. The third-order valence-corrected chi connectivity index (χ3v) is 4.86. The number of benzene rings is 1. The van der Waals surface area contributed by atoms with Gasteiger partial charge < -0.3 is 4.55 Å². The van der Waals surface area contributed by atoms with E-state index < -0.39 is 33.4 Å². The van der Waals surface area contributed by atoms with Crippen molar-refractivity contribution in [3.8, 4) is 0 Å². The maximum atomic E-state index is 12.2. The fraction of sp³-hybridized carbons (Fsp3) is 0.438. The summed E-state index contributed by atoms with van der Waals surface area (Å²) < 4.78 is 136. The second-order valence-corrected chi connectivity index (χ2v) is 7.91. The van der Waals surface area contributed by atoms with Crippen molar-refractivity contribution in [2.75, 3.05) is 13.6 Å². The topological polar surface area (TPSA) is 69.6 Å². The van der Waals surface area contributed by atoms with Gasteiger partial charge in [-0.3, -0.25) is 4.48 Å². The minimum atomic E-state index is -7.43. The normalized spacial score (nSPS) is 19.8. The number of hydrogen-bond acceptors (Lipinski definition) is 4. The highest BCUT2D eigenvalue weighted by Crippen LogP contribution is 2.54. The van der Waals surface area contributed by atoms with Gasteiger partial charge in [-0.1, -0.05) is 30.3 Å². The predicted octanol–water partition coefficient (Wildman–Crippen LogP) is 4.15. The summed E-state index contributed by atoms with van der Waals surface area (Å²) in [6.07, 6.45) is -0.116. The molecule has 0 spiro atoms. The standard InChI is InChI=1S/C12H15N2.C4HF9O3S/c1-14(10-8-13-11-14)9-7-12-5-3-2-4-6-12;5-1(6,3(9,10)11)2(7,8)4(12,13)17(14,15)16/h2-6,8,10-11H,7,9H2,1H3;(H,14,15,16)/q+1;/p-1. The van der Waals surface area contributed by atoms with E-state index in [0.717, 1.165) is 17.4 Å². The van der Waals surface area contributed by atoms with Crippen molar-refractivity contribution in [1.29, 1.82) is 0 Å². The lowest BCUT2D eigenvalue weighted by atomic mass is 10.1. The minimum absolute atomic E-state index is 0.814. The van der Waals surface area contributed by atoms with E-state index in [1.165, 1.54) is 5.56 Å². The van der Waals surface area contributed by atoms with Gasteiger partial charge in [-0.15, -0.1) is 0 Å². The Kier molecular flexibility index (Phi) is 7.62. The van der Waals surface area contributed by atoms with E-state index in [-0.39, 0.29) is 0 Å². The van der Waals surface area contributed by atoms with Gasteiger partial charge in [-0.05, 0) is 5.56 Å². The molecule has 0 saturated carbocycles. The molecular weight excluding hydrogens is 471 g/mol. The molecule has 1 aromatic carbocycles. The average Bonchev–Trinajstić information content (AvgIpc) is 3.06. The molecule has 0 radical (unpaired) electrons. The quantitative estimate of drug-likeness (QED) is 0.345. The van der Waals surface area contributed by atoms with Crippen LogP contribution in [-0.4, -0.2) is 60.7 Å². The number of aliphatic imine (C=N–C) groups is 1. The minimum Gasteiger partial charge on any atom is -0.743 e. The number of halogens is 9. The van der Waals surface area contributed by atoms with Crippen LogP contribution < -0.4 is 0 Å². The molecule has 0 amide bonds. The summed E-state index contributed by atoms with van der Waals surface area (Å²) in [6.45, 7) is 1.07. The molecule has 176 valence electrons. The van der Waals surface area contributed by atoms with E-state index >= 15 is 0 Å². The van der Waals surface area contributed by atoms with E-state index in [2.05, 4.69) is 48.6 Å². The second-order valence-electron chi connectivity index (χ2n) is 6.49. The summed E-state index contributed by atoms with van der Waals surface area (Å²) in [6, 6.07) is 10.6. The smallest absolute Gasteiger partial charge is 0.460 e. The summed E-state index contributed by atoms with van der Waals surface area (Å²) in [7, 11) is -5.25. The Hall–Kier alpha value is -2.13. The molecule has 1 aliphatic heterocycles. The van der Waals surface area contributed by atoms with Gasteiger partial charge in [-0.2, -0.15) is 39.5 Å². The molecule has 1 aromatic rings. The van der Waals surface area contributed by atoms with Crippen molar-refractivity contribution >= 4 is 16.5 Å². The van der Waals surface area contributed by atoms with Crippen molar-refractivity contribution in [3.05, 3.63) is 48.3 Å². The molecule has 0 aliphatic carbocycles. The van der Waals surface area contributed by atoms with E-state index in [0.29, 0.717) is 0 Å². The van der Waals surface area contributed by atoms with Crippen LogP contribution in [0.25, 0.3) is 0 Å². The third-order valence-electron chi connectivity index (χ3n) is 3.98. The predicted molar refractivity (Wildman–Crippen MR) is 89.4 cm³/mol. The highest BCUT2D eigenvalue weighted by Gasteiger charge is 2.83. The Balaban J connectivity index is 0.000000314. The molecular formula is C16H15F9N2O3S. The second kappa shape index (κ2) is 8.78. The molecule has 5 nitrogen and oxygen atoms in total. The number of hydrogen-bond donors (Lipinski definition) is 0. The van der Waals surface area contributed by atoms with Gasteiger partial charge in [0.05, 0.1) is 19.8 Å². The van der Waals surface area contributed by atoms with Gasteiger partial charge in [-0.25, -0.2) is 13.4 Å². The molecule has 0 fully saturated rings. The van der Waals surface area contributed by atoms with Crippen molar-refractivity contribution in [2.45, 2.75) is 29.7 Å². The number of rotatable bonds is 6. The zero-order valence-electron chi connectivity index (χ0n) is 15.5. The number of quaternary nitrogens is 1. The van der Waals surface area contributed by atoms with Crippen LogP contribution in [0.5, 0.6) is 0 Å². The van der Waals surface area contributed by atoms with Crippen LogP contribution in [-0.2, 0) is 16.5 Å². The van der Waals surface area contributed by atoms with Crippen molar-refractivity contribution < 1.29 is 57.0 Å². The monoisotopic (exact) mass is 486 g/mol. The van der Waals surface area contributed by atoms with Crippen LogP contribution in [0.2, 0.25) is 0 Å². The van der Waals surface area contributed by atoms with Crippen LogP contribution in [0.1, 0.15) is 5.56 Å². The fourth-order valence-corrected chi connectivity index (χ4v) is 2.53. The van der Waals surface area contributed by atoms with E-state index in [9.17, 15) is 52.5 Å². The zero-order valence-corrected chi connectivity index (χ0v) is 16.3. The van der Waals surface area contributed by atoms with Crippen LogP contribution in [0, 0.1) is 0 Å². The molecule has 0 N–H and O–H groups in total. The fourth-order valence-electron chi connectivity index (χ4n) is 2.08. The van der Waals surface area contributed by atoms with Crippen LogP contribution in [0.3, 0.4) is 0 Å². The maximum absolute atomic E-state index is 12.2. The summed E-state index contributed by atoms with van der Waals surface area (Å²) in [5.74, 6) is -14.8. The Bertz CT molecular complexity index is 902. The Labute approximate surface area is 170 Å². The third kappa shape index (κ3) is 5.77. The average molecular weight is 486 g/mol. The van der Waals surface area contributed by atoms with Crippen LogP contribution in [0.4, 0.5) is 39.5 Å². The van der Waals surface area contributed by atoms with Gasteiger partial charge in [0.15, 0.2) is 16.5 Å². The first-order chi connectivity index (χ1) is 13.8. The van der Waals surface area contributed by atoms with Gasteiger partial charge >= 0.3 is 23.3 Å². The van der Waals surface area contributed by atoms with Gasteiger partial charge in [0, 0.05) is 6.42 Å². The van der Waals surface area contributed by atoms with Crippen LogP contribution in [0.15, 0.2) is 47.7 Å². The molecule has 31 heavy (non-hydrogen) atoms. The summed E-state index contributed by atoms with van der Waals surface area (Å²) in [5, 5.41) is -7.11. The highest BCUT2D eigenvalue weighted by molar-refractivity contribution is 7.86. The molecule has 1 unspecified atom stereocenters. The molecule has 0 bridgehead atoms. The van der Waals surface area contributed by atoms with Crippen molar-refractivity contribution in [1.82, 2.24) is 0 Å². The summed E-state index contributed by atoms with van der Waals surface area (Å²) in [4.78, 5) is 4.12. The van der Waals surface area contributed by atoms with Crippen molar-refractivity contribution in [2.24, 2.45) is 4.99 Å². The molecule has 1 heterocycles. The van der Waals surface area contributed by atoms with E-state index in [4.69, 9.17) is 0 Å². The molecule has 1 atom stereocenters. The summed E-state index contributed by atoms with van der Waals surface area (Å²) >= 11 is 0. The molecule has 0 aromatic heterocycles. The lowest BCUT2D eigenvalue weighted by molar-refractivity contribution is -0.756. The van der Waals surface area contributed by atoms with Gasteiger partial charge in [0.2, 0.25) is 0 Å². The first-order valence-corrected chi connectivity index (χ1v) is 9.46. The number of likely N-dealkylation sites (N-methyl/N-ethyl adjacent to an activating group) is 1. The van der Waals surface area contributed by atoms with Gasteiger partial charge in [0.1, 0.15) is 6.20 Å². The Morgan fingerprint density at radius 2 is 1.45 bits per heavy atom. The van der Waals surface area contributed by atoms with E-state index in [1.54, 1.807) is 0 Å². The molecule has 2 rings (SSSR count). The van der Waals surface area contributed by atoms with Crippen molar-refractivity contribution in [3.63, 3.8) is 0 Å². The highest BCUT2D eigenvalue weighted by atomic mass is 32.2. The van der Waals surface area contributed by atoms with Crippen LogP contribution >= 0.6 is 0 Å². The van der Waals surface area contributed by atoms with E-state index in [1.807, 2.05) is 12.5 Å². The molecule has 15 heteroatoms.